The highest BCUT2D eigenvalue weighted by Crippen LogP contribution is 2.28. The lowest BCUT2D eigenvalue weighted by atomic mass is 10.2. The van der Waals surface area contributed by atoms with Crippen molar-refractivity contribution in [2.24, 2.45) is 0 Å². The molecule has 8 heteroatoms. The third kappa shape index (κ3) is 5.37. The van der Waals surface area contributed by atoms with E-state index in [-0.39, 0.29) is 4.90 Å². The first-order valence-corrected chi connectivity index (χ1v) is 11.3. The molecule has 0 aliphatic carbocycles. The molecule has 0 unspecified atom stereocenters. The van der Waals surface area contributed by atoms with Gasteiger partial charge in [-0.3, -0.25) is 9.10 Å². The van der Waals surface area contributed by atoms with Gasteiger partial charge in [-0.05, 0) is 61.9 Å². The van der Waals surface area contributed by atoms with Crippen molar-refractivity contribution in [2.45, 2.75) is 18.7 Å². The summed E-state index contributed by atoms with van der Waals surface area (Å²) in [6, 6.07) is 18.2. The van der Waals surface area contributed by atoms with Crippen molar-refractivity contribution in [3.8, 4) is 5.75 Å². The number of sulfonamides is 1. The molecule has 0 saturated heterocycles. The number of benzene rings is 3. The molecule has 0 aliphatic rings. The molecule has 0 fully saturated rings. The first-order chi connectivity index (χ1) is 14.7. The molecule has 0 aromatic heterocycles. The summed E-state index contributed by atoms with van der Waals surface area (Å²) in [6.45, 7) is 3.32. The Hall–Kier alpha value is -3.03. The minimum atomic E-state index is -4.02. The quantitative estimate of drug-likeness (QED) is 0.551. The first kappa shape index (κ1) is 22.7. The van der Waals surface area contributed by atoms with Gasteiger partial charge in [-0.25, -0.2) is 8.42 Å². The molecular formula is C23H23ClN2O4S. The summed E-state index contributed by atoms with van der Waals surface area (Å²) in [5.41, 5.74) is 2.61. The van der Waals surface area contributed by atoms with Crippen LogP contribution in [0.3, 0.4) is 0 Å². The average Bonchev–Trinajstić information content (AvgIpc) is 2.72. The van der Waals surface area contributed by atoms with Crippen LogP contribution in [0.25, 0.3) is 0 Å². The van der Waals surface area contributed by atoms with Crippen LogP contribution in [0.4, 0.5) is 11.4 Å². The zero-order valence-electron chi connectivity index (χ0n) is 17.4. The summed E-state index contributed by atoms with van der Waals surface area (Å²) >= 11 is 6.09. The van der Waals surface area contributed by atoms with Crippen molar-refractivity contribution in [1.29, 1.82) is 0 Å². The second kappa shape index (κ2) is 9.41. The van der Waals surface area contributed by atoms with Crippen LogP contribution in [-0.4, -0.2) is 28.0 Å². The third-order valence-corrected chi connectivity index (χ3v) is 6.64. The smallest absolute Gasteiger partial charge is 0.264 e. The number of carbonyl (C=O) groups is 1. The molecule has 3 aromatic carbocycles. The molecule has 1 amide bonds. The second-order valence-corrected chi connectivity index (χ2v) is 9.36. The molecule has 31 heavy (non-hydrogen) atoms. The van der Waals surface area contributed by atoms with Gasteiger partial charge in [0.2, 0.25) is 5.91 Å². The normalized spacial score (nSPS) is 11.1. The fourth-order valence-electron chi connectivity index (χ4n) is 3.02. The number of halogens is 1. The van der Waals surface area contributed by atoms with Gasteiger partial charge in [0.1, 0.15) is 12.3 Å². The number of rotatable bonds is 7. The van der Waals surface area contributed by atoms with Crippen LogP contribution >= 0.6 is 11.6 Å². The molecule has 0 aliphatic heterocycles. The number of aryl methyl sites for hydroxylation is 2. The second-order valence-electron chi connectivity index (χ2n) is 7.06. The maximum Gasteiger partial charge on any atom is 0.264 e. The van der Waals surface area contributed by atoms with Gasteiger partial charge in [-0.2, -0.15) is 0 Å². The lowest BCUT2D eigenvalue weighted by Gasteiger charge is -2.24. The van der Waals surface area contributed by atoms with Crippen molar-refractivity contribution in [3.63, 3.8) is 0 Å². The van der Waals surface area contributed by atoms with E-state index in [2.05, 4.69) is 5.32 Å². The van der Waals surface area contributed by atoms with Gasteiger partial charge in [0.25, 0.3) is 10.0 Å². The summed E-state index contributed by atoms with van der Waals surface area (Å²) in [5, 5.41) is 3.11. The number of hydrogen-bond acceptors (Lipinski definition) is 4. The van der Waals surface area contributed by atoms with Crippen LogP contribution in [0, 0.1) is 13.8 Å². The van der Waals surface area contributed by atoms with Crippen molar-refractivity contribution in [1.82, 2.24) is 0 Å². The van der Waals surface area contributed by atoms with E-state index in [4.69, 9.17) is 16.3 Å². The minimum absolute atomic E-state index is 0.0824. The van der Waals surface area contributed by atoms with Crippen LogP contribution in [-0.2, 0) is 14.8 Å². The molecule has 0 saturated carbocycles. The van der Waals surface area contributed by atoms with Crippen molar-refractivity contribution < 1.29 is 17.9 Å². The van der Waals surface area contributed by atoms with Crippen molar-refractivity contribution in [2.75, 3.05) is 23.3 Å². The number of ether oxygens (including phenoxy) is 1. The Bertz CT molecular complexity index is 1190. The third-order valence-electron chi connectivity index (χ3n) is 4.62. The summed E-state index contributed by atoms with van der Waals surface area (Å²) in [4.78, 5) is 13.0. The maximum atomic E-state index is 13.4. The molecule has 0 atom stereocenters. The number of hydrogen-bond donors (Lipinski definition) is 1. The molecule has 1 N–H and O–H groups in total. The van der Waals surface area contributed by atoms with Crippen LogP contribution in [0.2, 0.25) is 5.02 Å². The van der Waals surface area contributed by atoms with Crippen LogP contribution in [0.1, 0.15) is 11.1 Å². The standard InChI is InChI=1S/C23H23ClN2O4S/c1-16-7-10-20(11-8-16)31(28,29)26(19-6-4-5-18(24)14-19)15-23(27)25-21-13-17(2)9-12-22(21)30-3/h4-14H,15H2,1-3H3,(H,25,27). The lowest BCUT2D eigenvalue weighted by molar-refractivity contribution is -0.114. The summed E-state index contributed by atoms with van der Waals surface area (Å²) in [5.74, 6) is -0.0331. The summed E-state index contributed by atoms with van der Waals surface area (Å²) in [6.07, 6.45) is 0. The largest absolute Gasteiger partial charge is 0.495 e. The average molecular weight is 459 g/mol. The molecule has 0 spiro atoms. The van der Waals surface area contributed by atoms with Gasteiger partial charge < -0.3 is 10.1 Å². The van der Waals surface area contributed by atoms with Crippen molar-refractivity contribution >= 4 is 38.9 Å². The van der Waals surface area contributed by atoms with Crippen LogP contribution < -0.4 is 14.4 Å². The van der Waals surface area contributed by atoms with Crippen LogP contribution in [0.15, 0.2) is 71.6 Å². The van der Waals surface area contributed by atoms with E-state index < -0.39 is 22.5 Å². The topological polar surface area (TPSA) is 75.7 Å². The maximum absolute atomic E-state index is 13.4. The van der Waals surface area contributed by atoms with E-state index in [0.29, 0.717) is 22.1 Å². The first-order valence-electron chi connectivity index (χ1n) is 9.50. The van der Waals surface area contributed by atoms with Gasteiger partial charge in [-0.1, -0.05) is 41.4 Å². The van der Waals surface area contributed by atoms with E-state index in [1.54, 1.807) is 42.5 Å². The molecule has 162 valence electrons. The highest BCUT2D eigenvalue weighted by atomic mass is 35.5. The molecule has 0 radical (unpaired) electrons. The number of amides is 1. The van der Waals surface area contributed by atoms with Gasteiger partial charge in [0.05, 0.1) is 23.4 Å². The number of nitrogens with one attached hydrogen (secondary N) is 1. The van der Waals surface area contributed by atoms with Gasteiger partial charge in [-0.15, -0.1) is 0 Å². The zero-order valence-corrected chi connectivity index (χ0v) is 19.0. The van der Waals surface area contributed by atoms with E-state index in [0.717, 1.165) is 15.4 Å². The van der Waals surface area contributed by atoms with E-state index in [1.165, 1.54) is 25.3 Å². The van der Waals surface area contributed by atoms with E-state index in [1.807, 2.05) is 19.9 Å². The number of nitrogens with zero attached hydrogens (tertiary/aromatic N) is 1. The lowest BCUT2D eigenvalue weighted by Crippen LogP contribution is -2.38. The molecule has 0 bridgehead atoms. The Kier molecular flexibility index (Phi) is 6.87. The Morgan fingerprint density at radius 1 is 1.00 bits per heavy atom. The molecule has 6 nitrogen and oxygen atoms in total. The summed E-state index contributed by atoms with van der Waals surface area (Å²) in [7, 11) is -2.52. The van der Waals surface area contributed by atoms with E-state index in [9.17, 15) is 13.2 Å². The van der Waals surface area contributed by atoms with E-state index >= 15 is 0 Å². The molecule has 0 heterocycles. The fraction of sp³-hybridized carbons (Fsp3) is 0.174. The van der Waals surface area contributed by atoms with Gasteiger partial charge in [0, 0.05) is 5.02 Å². The van der Waals surface area contributed by atoms with Gasteiger partial charge >= 0.3 is 0 Å². The Morgan fingerprint density at radius 3 is 2.32 bits per heavy atom. The SMILES string of the molecule is COc1ccc(C)cc1NC(=O)CN(c1cccc(Cl)c1)S(=O)(=O)c1ccc(C)cc1. The Morgan fingerprint density at radius 2 is 1.68 bits per heavy atom. The van der Waals surface area contributed by atoms with Gasteiger partial charge in [0.15, 0.2) is 0 Å². The fourth-order valence-corrected chi connectivity index (χ4v) is 4.62. The van der Waals surface area contributed by atoms with Crippen molar-refractivity contribution in [3.05, 3.63) is 82.9 Å². The van der Waals surface area contributed by atoms with Crippen LogP contribution in [0.5, 0.6) is 5.75 Å². The predicted molar refractivity (Wildman–Crippen MR) is 124 cm³/mol. The number of carbonyl (C=O) groups excluding carboxylic acids is 1. The zero-order chi connectivity index (χ0) is 22.6. The number of anilines is 2. The highest BCUT2D eigenvalue weighted by Gasteiger charge is 2.27. The summed E-state index contributed by atoms with van der Waals surface area (Å²) < 4.78 is 33.1. The monoisotopic (exact) mass is 458 g/mol. The Labute approximate surface area is 187 Å². The predicted octanol–water partition coefficient (Wildman–Crippen LogP) is 4.80. The Balaban J connectivity index is 1.97. The molecular weight excluding hydrogens is 436 g/mol. The molecule has 3 rings (SSSR count). The molecule has 3 aromatic rings. The minimum Gasteiger partial charge on any atom is -0.495 e. The number of methoxy groups -OCH3 is 1. The highest BCUT2D eigenvalue weighted by molar-refractivity contribution is 7.92.